The van der Waals surface area contributed by atoms with Gasteiger partial charge in [0.2, 0.25) is 11.6 Å². The van der Waals surface area contributed by atoms with Gasteiger partial charge in [-0.2, -0.15) is 10.3 Å². The molecule has 0 aliphatic carbocycles. The molecule has 1 N–H and O–H groups in total. The number of benzene rings is 2. The molecule has 156 valence electrons. The van der Waals surface area contributed by atoms with Gasteiger partial charge in [-0.25, -0.2) is 9.50 Å². The molecule has 3 heterocycles. The van der Waals surface area contributed by atoms with Gasteiger partial charge in [0.25, 0.3) is 0 Å². The number of hydrogen-bond acceptors (Lipinski definition) is 5. The molecule has 0 aliphatic rings. The minimum atomic E-state index is 0.592. The molecular formula is C23H24N8. The molecule has 31 heavy (non-hydrogen) atoms. The first-order chi connectivity index (χ1) is 15.2. The molecule has 0 amide bonds. The Morgan fingerprint density at radius 1 is 0.968 bits per heavy atom. The standard InChI is InChI=1S/C23H24N8/c1-4-7-21-27-31-16(3)15(2)24-23(31)30(21)14-17-10-12-18(13-11-17)19-8-5-6-9-20(19)22-25-28-29-26-22/h5-6,8-13H,4,7,14H2,1-3H3,(H,25,26,28,29). The SMILES string of the molecule is CCCc1nn2c(C)c(C)nc2n1Cc1ccc(-c2ccccc2-c2nn[nH]n2)cc1. The predicted molar refractivity (Wildman–Crippen MR) is 119 cm³/mol. The van der Waals surface area contributed by atoms with Crippen LogP contribution >= 0.6 is 0 Å². The van der Waals surface area contributed by atoms with Gasteiger partial charge in [-0.1, -0.05) is 55.5 Å². The molecule has 0 radical (unpaired) electrons. The molecule has 0 unspecified atom stereocenters. The third-order valence-electron chi connectivity index (χ3n) is 5.66. The van der Waals surface area contributed by atoms with Crippen LogP contribution in [0.1, 0.15) is 36.1 Å². The van der Waals surface area contributed by atoms with Crippen molar-refractivity contribution in [1.29, 1.82) is 0 Å². The average molecular weight is 413 g/mol. The van der Waals surface area contributed by atoms with Crippen molar-refractivity contribution >= 4 is 5.78 Å². The maximum Gasteiger partial charge on any atom is 0.233 e. The fraction of sp³-hybridized carbons (Fsp3) is 0.261. The highest BCUT2D eigenvalue weighted by atomic mass is 15.5. The molecular weight excluding hydrogens is 388 g/mol. The Morgan fingerprint density at radius 2 is 1.74 bits per heavy atom. The van der Waals surface area contributed by atoms with Crippen LogP contribution in [-0.4, -0.2) is 39.8 Å². The minimum absolute atomic E-state index is 0.592. The van der Waals surface area contributed by atoms with Gasteiger partial charge in [0.1, 0.15) is 5.82 Å². The summed E-state index contributed by atoms with van der Waals surface area (Å²) < 4.78 is 4.20. The Hall–Kier alpha value is -3.81. The first-order valence-corrected chi connectivity index (χ1v) is 10.5. The number of fused-ring (bicyclic) bond motifs is 1. The zero-order valence-corrected chi connectivity index (χ0v) is 17.9. The number of aromatic nitrogens is 8. The van der Waals surface area contributed by atoms with Crippen molar-refractivity contribution in [3.63, 3.8) is 0 Å². The average Bonchev–Trinajstić information content (AvgIpc) is 3.50. The zero-order chi connectivity index (χ0) is 21.4. The molecule has 0 saturated heterocycles. The van der Waals surface area contributed by atoms with E-state index in [-0.39, 0.29) is 0 Å². The first kappa shape index (κ1) is 19.2. The van der Waals surface area contributed by atoms with Gasteiger partial charge >= 0.3 is 0 Å². The van der Waals surface area contributed by atoms with E-state index in [0.29, 0.717) is 5.82 Å². The molecule has 0 saturated carbocycles. The fourth-order valence-corrected chi connectivity index (χ4v) is 3.91. The number of rotatable bonds is 6. The van der Waals surface area contributed by atoms with Gasteiger partial charge in [0, 0.05) is 12.0 Å². The van der Waals surface area contributed by atoms with E-state index in [2.05, 4.69) is 69.4 Å². The lowest BCUT2D eigenvalue weighted by Gasteiger charge is -2.10. The quantitative estimate of drug-likeness (QED) is 0.455. The summed E-state index contributed by atoms with van der Waals surface area (Å²) in [5.74, 6) is 2.57. The van der Waals surface area contributed by atoms with E-state index in [4.69, 9.17) is 10.1 Å². The Bertz CT molecular complexity index is 1330. The van der Waals surface area contributed by atoms with Crippen LogP contribution in [0.5, 0.6) is 0 Å². The lowest BCUT2D eigenvalue weighted by Crippen LogP contribution is -2.06. The highest BCUT2D eigenvalue weighted by Gasteiger charge is 2.16. The van der Waals surface area contributed by atoms with Crippen molar-refractivity contribution in [2.75, 3.05) is 0 Å². The van der Waals surface area contributed by atoms with Crippen molar-refractivity contribution in [3.8, 4) is 22.5 Å². The van der Waals surface area contributed by atoms with Crippen LogP contribution in [0.3, 0.4) is 0 Å². The molecule has 3 aromatic heterocycles. The number of aryl methyl sites for hydroxylation is 3. The highest BCUT2D eigenvalue weighted by Crippen LogP contribution is 2.30. The Kier molecular flexibility index (Phi) is 4.82. The number of nitrogens with zero attached hydrogens (tertiary/aromatic N) is 7. The van der Waals surface area contributed by atoms with Crippen molar-refractivity contribution in [2.45, 2.75) is 40.2 Å². The molecule has 2 aromatic carbocycles. The number of nitrogens with one attached hydrogen (secondary N) is 1. The fourth-order valence-electron chi connectivity index (χ4n) is 3.91. The summed E-state index contributed by atoms with van der Waals surface area (Å²) in [7, 11) is 0. The number of tetrazole rings is 1. The van der Waals surface area contributed by atoms with Gasteiger partial charge in [-0.3, -0.25) is 4.57 Å². The summed E-state index contributed by atoms with van der Waals surface area (Å²) in [6.07, 6.45) is 1.97. The molecule has 0 bridgehead atoms. The second-order valence-electron chi connectivity index (χ2n) is 7.72. The molecule has 0 spiro atoms. The monoisotopic (exact) mass is 412 g/mol. The second kappa shape index (κ2) is 7.79. The van der Waals surface area contributed by atoms with Gasteiger partial charge in [-0.05, 0) is 42.2 Å². The van der Waals surface area contributed by atoms with Crippen molar-refractivity contribution in [2.24, 2.45) is 0 Å². The number of H-pyrrole nitrogens is 1. The zero-order valence-electron chi connectivity index (χ0n) is 17.9. The van der Waals surface area contributed by atoms with E-state index in [1.165, 1.54) is 5.56 Å². The largest absolute Gasteiger partial charge is 0.292 e. The van der Waals surface area contributed by atoms with Crippen LogP contribution in [0.2, 0.25) is 0 Å². The van der Waals surface area contributed by atoms with Gasteiger partial charge in [0.05, 0.1) is 17.9 Å². The molecule has 0 aliphatic heterocycles. The van der Waals surface area contributed by atoms with Crippen LogP contribution in [0, 0.1) is 13.8 Å². The van der Waals surface area contributed by atoms with E-state index in [9.17, 15) is 0 Å². The van der Waals surface area contributed by atoms with Crippen molar-refractivity contribution in [3.05, 3.63) is 71.3 Å². The summed E-state index contributed by atoms with van der Waals surface area (Å²) in [6.45, 7) is 7.01. The molecule has 8 nitrogen and oxygen atoms in total. The Morgan fingerprint density at radius 3 is 2.45 bits per heavy atom. The van der Waals surface area contributed by atoms with E-state index in [1.54, 1.807) is 0 Å². The number of hydrogen-bond donors (Lipinski definition) is 1. The van der Waals surface area contributed by atoms with Crippen molar-refractivity contribution in [1.82, 2.24) is 39.8 Å². The predicted octanol–water partition coefficient (Wildman–Crippen LogP) is 4.00. The van der Waals surface area contributed by atoms with Crippen LogP contribution in [-0.2, 0) is 13.0 Å². The summed E-state index contributed by atoms with van der Waals surface area (Å²) in [5, 5.41) is 19.3. The van der Waals surface area contributed by atoms with Crippen LogP contribution in [0.15, 0.2) is 48.5 Å². The smallest absolute Gasteiger partial charge is 0.233 e. The lowest BCUT2D eigenvalue weighted by molar-refractivity contribution is 0.710. The van der Waals surface area contributed by atoms with Crippen molar-refractivity contribution < 1.29 is 0 Å². The Labute approximate surface area is 180 Å². The molecule has 5 rings (SSSR count). The summed E-state index contributed by atoms with van der Waals surface area (Å²) in [4.78, 5) is 4.76. The molecule has 0 atom stereocenters. The third-order valence-corrected chi connectivity index (χ3v) is 5.66. The molecule has 0 fully saturated rings. The first-order valence-electron chi connectivity index (χ1n) is 10.5. The van der Waals surface area contributed by atoms with Crippen LogP contribution in [0.25, 0.3) is 28.3 Å². The number of imidazole rings is 1. The topological polar surface area (TPSA) is 89.6 Å². The molecule has 8 heteroatoms. The van der Waals surface area contributed by atoms with Gasteiger partial charge < -0.3 is 0 Å². The summed E-state index contributed by atoms with van der Waals surface area (Å²) in [6, 6.07) is 16.7. The third kappa shape index (κ3) is 3.39. The van der Waals surface area contributed by atoms with Crippen LogP contribution in [0.4, 0.5) is 0 Å². The summed E-state index contributed by atoms with van der Waals surface area (Å²) >= 11 is 0. The normalized spacial score (nSPS) is 11.5. The minimum Gasteiger partial charge on any atom is -0.292 e. The van der Waals surface area contributed by atoms with E-state index in [1.807, 2.05) is 29.6 Å². The van der Waals surface area contributed by atoms with E-state index >= 15 is 0 Å². The Balaban J connectivity index is 1.49. The second-order valence-corrected chi connectivity index (χ2v) is 7.72. The maximum atomic E-state index is 4.82. The van der Waals surface area contributed by atoms with E-state index in [0.717, 1.165) is 59.1 Å². The maximum absolute atomic E-state index is 4.82. The highest BCUT2D eigenvalue weighted by molar-refractivity contribution is 5.80. The lowest BCUT2D eigenvalue weighted by atomic mass is 9.98. The van der Waals surface area contributed by atoms with E-state index < -0.39 is 0 Å². The number of aromatic amines is 1. The van der Waals surface area contributed by atoms with Crippen LogP contribution < -0.4 is 0 Å². The molecule has 5 aromatic rings. The van der Waals surface area contributed by atoms with Gasteiger partial charge in [-0.15, -0.1) is 10.2 Å². The summed E-state index contributed by atoms with van der Waals surface area (Å²) in [5.41, 5.74) is 6.46. The van der Waals surface area contributed by atoms with Gasteiger partial charge in [0.15, 0.2) is 0 Å².